The molecule has 2 fully saturated rings. The van der Waals surface area contributed by atoms with Gasteiger partial charge >= 0.3 is 0 Å². The molecule has 0 bridgehead atoms. The number of aliphatic hydroxyl groups excluding tert-OH is 1. The number of benzene rings is 1. The van der Waals surface area contributed by atoms with Crippen LogP contribution in [0.15, 0.2) is 18.2 Å². The van der Waals surface area contributed by atoms with Gasteiger partial charge in [-0.3, -0.25) is 9.59 Å². The fraction of sp³-hybridized carbons (Fsp3) is 0.467. The van der Waals surface area contributed by atoms with Crippen LogP contribution in [0.5, 0.6) is 0 Å². The first kappa shape index (κ1) is 15.8. The molecule has 3 rings (SSSR count). The van der Waals surface area contributed by atoms with Crippen LogP contribution in [0.1, 0.15) is 12.0 Å². The van der Waals surface area contributed by atoms with E-state index in [4.69, 9.17) is 5.11 Å². The van der Waals surface area contributed by atoms with E-state index in [2.05, 4.69) is 10.6 Å². The van der Waals surface area contributed by atoms with Gasteiger partial charge in [-0.15, -0.1) is 0 Å². The van der Waals surface area contributed by atoms with Crippen molar-refractivity contribution < 1.29 is 23.5 Å². The predicted molar refractivity (Wildman–Crippen MR) is 76.1 cm³/mol. The first-order chi connectivity index (χ1) is 11.0. The number of amides is 2. The largest absolute Gasteiger partial charge is 0.394 e. The Morgan fingerprint density at radius 3 is 2.83 bits per heavy atom. The molecule has 8 heteroatoms. The lowest BCUT2D eigenvalue weighted by atomic mass is 10.1. The van der Waals surface area contributed by atoms with E-state index in [9.17, 15) is 18.4 Å². The molecule has 6 nitrogen and oxygen atoms in total. The quantitative estimate of drug-likeness (QED) is 0.698. The lowest BCUT2D eigenvalue weighted by Crippen LogP contribution is -2.62. The van der Waals surface area contributed by atoms with Crippen molar-refractivity contribution in [2.24, 2.45) is 0 Å². The highest BCUT2D eigenvalue weighted by molar-refractivity contribution is 5.97. The van der Waals surface area contributed by atoms with Gasteiger partial charge in [-0.05, 0) is 12.5 Å². The van der Waals surface area contributed by atoms with Crippen molar-refractivity contribution in [2.45, 2.75) is 31.1 Å². The molecular formula is C15H17F2N3O3. The topological polar surface area (TPSA) is 81.7 Å². The van der Waals surface area contributed by atoms with E-state index in [1.807, 2.05) is 0 Å². The van der Waals surface area contributed by atoms with Crippen molar-refractivity contribution in [3.8, 4) is 0 Å². The second kappa shape index (κ2) is 6.21. The number of nitrogens with zero attached hydrogens (tertiary/aromatic N) is 1. The van der Waals surface area contributed by atoms with Gasteiger partial charge in [0.05, 0.1) is 6.61 Å². The maximum absolute atomic E-state index is 13.6. The normalized spacial score (nSPS) is 27.1. The van der Waals surface area contributed by atoms with Crippen LogP contribution in [0.4, 0.5) is 8.78 Å². The molecule has 0 aliphatic carbocycles. The summed E-state index contributed by atoms with van der Waals surface area (Å²) >= 11 is 0. The van der Waals surface area contributed by atoms with E-state index in [0.717, 1.165) is 6.07 Å². The number of nitrogens with one attached hydrogen (secondary N) is 2. The molecule has 3 atom stereocenters. The van der Waals surface area contributed by atoms with Gasteiger partial charge in [0.2, 0.25) is 11.8 Å². The van der Waals surface area contributed by atoms with Gasteiger partial charge < -0.3 is 20.6 Å². The second-order valence-corrected chi connectivity index (χ2v) is 5.80. The van der Waals surface area contributed by atoms with E-state index in [0.29, 0.717) is 18.5 Å². The number of piperazine rings is 1. The third-order valence-electron chi connectivity index (χ3n) is 4.28. The number of halogens is 2. The van der Waals surface area contributed by atoms with Crippen molar-refractivity contribution in [2.75, 3.05) is 13.2 Å². The highest BCUT2D eigenvalue weighted by atomic mass is 19.1. The Kier molecular flexibility index (Phi) is 4.27. The Morgan fingerprint density at radius 1 is 1.35 bits per heavy atom. The molecule has 2 heterocycles. The zero-order chi connectivity index (χ0) is 16.6. The summed E-state index contributed by atoms with van der Waals surface area (Å²) in [5.41, 5.74) is 0.320. The molecule has 0 saturated carbocycles. The number of carbonyl (C=O) groups is 2. The van der Waals surface area contributed by atoms with Crippen LogP contribution in [0.3, 0.4) is 0 Å². The zero-order valence-electron chi connectivity index (χ0n) is 12.3. The lowest BCUT2D eigenvalue weighted by Gasteiger charge is -2.33. The molecule has 23 heavy (non-hydrogen) atoms. The van der Waals surface area contributed by atoms with Crippen molar-refractivity contribution in [1.29, 1.82) is 0 Å². The standard InChI is InChI=1S/C15H17F2N3O3/c16-9-2-1-8(11(17)3-9)5-18-10-4-13-14(22)19-12(7-21)15(23)20(13)6-10/h1-3,10,12-13,18,21H,4-7H2,(H,19,22)/t10-,12+,13-/m0/s1. The molecule has 3 N–H and O–H groups in total. The first-order valence-electron chi connectivity index (χ1n) is 7.38. The summed E-state index contributed by atoms with van der Waals surface area (Å²) in [7, 11) is 0. The fourth-order valence-electron chi connectivity index (χ4n) is 3.05. The van der Waals surface area contributed by atoms with E-state index >= 15 is 0 Å². The van der Waals surface area contributed by atoms with E-state index in [1.165, 1.54) is 17.0 Å². The second-order valence-electron chi connectivity index (χ2n) is 5.80. The number of aliphatic hydroxyl groups is 1. The molecule has 0 spiro atoms. The molecule has 0 radical (unpaired) electrons. The summed E-state index contributed by atoms with van der Waals surface area (Å²) in [6.07, 6.45) is 0.415. The molecule has 2 aliphatic rings. The highest BCUT2D eigenvalue weighted by Gasteiger charge is 2.46. The third kappa shape index (κ3) is 3.04. The van der Waals surface area contributed by atoms with Gasteiger partial charge in [-0.2, -0.15) is 0 Å². The average molecular weight is 325 g/mol. The Bertz CT molecular complexity index is 640. The Labute approximate surface area is 131 Å². The van der Waals surface area contributed by atoms with Crippen LogP contribution >= 0.6 is 0 Å². The SMILES string of the molecule is O=C1N[C@H](CO)C(=O)N2C[C@@H](NCc3ccc(F)cc3F)C[C@@H]12. The molecular weight excluding hydrogens is 308 g/mol. The average Bonchev–Trinajstić information content (AvgIpc) is 2.95. The van der Waals surface area contributed by atoms with E-state index < -0.39 is 30.3 Å². The van der Waals surface area contributed by atoms with Crippen LogP contribution < -0.4 is 10.6 Å². The fourth-order valence-corrected chi connectivity index (χ4v) is 3.05. The Hall–Kier alpha value is -2.06. The minimum Gasteiger partial charge on any atom is -0.394 e. The van der Waals surface area contributed by atoms with E-state index in [-0.39, 0.29) is 24.4 Å². The molecule has 0 unspecified atom stereocenters. The van der Waals surface area contributed by atoms with E-state index in [1.54, 1.807) is 0 Å². The minimum absolute atomic E-state index is 0.170. The van der Waals surface area contributed by atoms with Crippen LogP contribution in [0, 0.1) is 11.6 Å². The number of carbonyl (C=O) groups excluding carboxylic acids is 2. The van der Waals surface area contributed by atoms with Gasteiger partial charge in [-0.1, -0.05) is 6.07 Å². The zero-order valence-corrected chi connectivity index (χ0v) is 12.3. The molecule has 0 aromatic heterocycles. The monoisotopic (exact) mass is 325 g/mol. The van der Waals surface area contributed by atoms with Gasteiger partial charge in [0, 0.05) is 30.8 Å². The van der Waals surface area contributed by atoms with Gasteiger partial charge in [0.25, 0.3) is 0 Å². The third-order valence-corrected chi connectivity index (χ3v) is 4.28. The van der Waals surface area contributed by atoms with Gasteiger partial charge in [0.15, 0.2) is 0 Å². The first-order valence-corrected chi connectivity index (χ1v) is 7.38. The van der Waals surface area contributed by atoms with Crippen molar-refractivity contribution in [3.05, 3.63) is 35.4 Å². The predicted octanol–water partition coefficient (Wildman–Crippen LogP) is -0.485. The van der Waals surface area contributed by atoms with Crippen LogP contribution in [-0.2, 0) is 16.1 Å². The van der Waals surface area contributed by atoms with Crippen molar-refractivity contribution in [1.82, 2.24) is 15.5 Å². The number of hydrogen-bond donors (Lipinski definition) is 3. The lowest BCUT2D eigenvalue weighted by molar-refractivity contribution is -0.148. The summed E-state index contributed by atoms with van der Waals surface area (Å²) in [6.45, 7) is 0.0551. The summed E-state index contributed by atoms with van der Waals surface area (Å²) < 4.78 is 26.5. The minimum atomic E-state index is -0.896. The Morgan fingerprint density at radius 2 is 2.13 bits per heavy atom. The maximum Gasteiger partial charge on any atom is 0.248 e. The van der Waals surface area contributed by atoms with Crippen molar-refractivity contribution >= 4 is 11.8 Å². The van der Waals surface area contributed by atoms with Crippen LogP contribution in [-0.4, -0.2) is 53.1 Å². The summed E-state index contributed by atoms with van der Waals surface area (Å²) in [4.78, 5) is 25.5. The van der Waals surface area contributed by atoms with Crippen LogP contribution in [0.2, 0.25) is 0 Å². The smallest absolute Gasteiger partial charge is 0.248 e. The van der Waals surface area contributed by atoms with Crippen molar-refractivity contribution in [3.63, 3.8) is 0 Å². The summed E-state index contributed by atoms with van der Waals surface area (Å²) in [5, 5.41) is 14.7. The number of rotatable bonds is 4. The summed E-state index contributed by atoms with van der Waals surface area (Å²) in [5.74, 6) is -1.88. The number of hydrogen-bond acceptors (Lipinski definition) is 4. The molecule has 124 valence electrons. The van der Waals surface area contributed by atoms with Gasteiger partial charge in [-0.25, -0.2) is 8.78 Å². The molecule has 1 aromatic carbocycles. The highest BCUT2D eigenvalue weighted by Crippen LogP contribution is 2.23. The number of fused-ring (bicyclic) bond motifs is 1. The molecule has 2 saturated heterocycles. The molecule has 2 amide bonds. The maximum atomic E-state index is 13.6. The summed E-state index contributed by atoms with van der Waals surface area (Å²) in [6, 6.07) is 1.72. The Balaban J connectivity index is 1.63. The molecule has 1 aromatic rings. The van der Waals surface area contributed by atoms with Crippen LogP contribution in [0.25, 0.3) is 0 Å². The molecule has 2 aliphatic heterocycles. The van der Waals surface area contributed by atoms with Gasteiger partial charge in [0.1, 0.15) is 23.7 Å².